The van der Waals surface area contributed by atoms with Crippen LogP contribution in [0.25, 0.3) is 0 Å². The molecule has 1 heterocycles. The number of nitrogens with two attached hydrogens (primary N) is 1. The molecular weight excluding hydrogens is 270 g/mol. The highest BCUT2D eigenvalue weighted by atomic mass is 16.5. The van der Waals surface area contributed by atoms with Crippen molar-refractivity contribution < 1.29 is 14.0 Å². The third kappa shape index (κ3) is 4.46. The lowest BCUT2D eigenvalue weighted by atomic mass is 10.1. The van der Waals surface area contributed by atoms with Crippen molar-refractivity contribution >= 4 is 0 Å². The molecule has 0 aliphatic carbocycles. The number of rotatable bonds is 8. The summed E-state index contributed by atoms with van der Waals surface area (Å²) in [6.45, 7) is 5.31. The van der Waals surface area contributed by atoms with Crippen LogP contribution in [0.4, 0.5) is 0 Å². The Morgan fingerprint density at radius 3 is 2.81 bits per heavy atom. The van der Waals surface area contributed by atoms with E-state index in [9.17, 15) is 0 Å². The van der Waals surface area contributed by atoms with Gasteiger partial charge in [0.15, 0.2) is 12.4 Å². The lowest BCUT2D eigenvalue weighted by Crippen LogP contribution is -2.06. The van der Waals surface area contributed by atoms with Crippen LogP contribution in [0, 0.1) is 6.92 Å². The van der Waals surface area contributed by atoms with Gasteiger partial charge in [0.2, 0.25) is 0 Å². The molecule has 2 rings (SSSR count). The Morgan fingerprint density at radius 1 is 1.29 bits per heavy atom. The van der Waals surface area contributed by atoms with Gasteiger partial charge in [-0.25, -0.2) is 0 Å². The molecule has 0 aliphatic heterocycles. The number of aryl methyl sites for hydroxylation is 1. The molecule has 0 unspecified atom stereocenters. The fourth-order valence-corrected chi connectivity index (χ4v) is 1.88. The Hall–Kier alpha value is -2.08. The van der Waals surface area contributed by atoms with E-state index in [2.05, 4.69) is 17.1 Å². The second kappa shape index (κ2) is 7.64. The van der Waals surface area contributed by atoms with Gasteiger partial charge in [0, 0.05) is 6.07 Å². The van der Waals surface area contributed by atoms with Crippen LogP contribution in [0.2, 0.25) is 0 Å². The zero-order valence-electron chi connectivity index (χ0n) is 12.5. The maximum absolute atomic E-state index is 5.78. The van der Waals surface area contributed by atoms with Crippen LogP contribution in [0.5, 0.6) is 11.5 Å². The van der Waals surface area contributed by atoms with E-state index in [1.165, 1.54) is 0 Å². The summed E-state index contributed by atoms with van der Waals surface area (Å²) in [5, 5.41) is 3.73. The van der Waals surface area contributed by atoms with Crippen molar-refractivity contribution in [3.63, 3.8) is 0 Å². The summed E-state index contributed by atoms with van der Waals surface area (Å²) >= 11 is 0. The van der Waals surface area contributed by atoms with E-state index >= 15 is 0 Å². The molecule has 0 bridgehead atoms. The molecule has 6 nitrogen and oxygen atoms in total. The van der Waals surface area contributed by atoms with Gasteiger partial charge in [-0.15, -0.1) is 0 Å². The van der Waals surface area contributed by atoms with Crippen molar-refractivity contribution in [2.75, 3.05) is 13.2 Å². The van der Waals surface area contributed by atoms with Crippen LogP contribution in [-0.2, 0) is 13.0 Å². The summed E-state index contributed by atoms with van der Waals surface area (Å²) < 4.78 is 16.4. The first kappa shape index (κ1) is 15.3. The molecule has 6 heteroatoms. The molecule has 0 saturated carbocycles. The second-order valence-corrected chi connectivity index (χ2v) is 4.68. The van der Waals surface area contributed by atoms with Gasteiger partial charge in [-0.1, -0.05) is 18.1 Å². The minimum absolute atomic E-state index is 0.232. The normalized spacial score (nSPS) is 10.6. The number of hydrogen-bond acceptors (Lipinski definition) is 6. The van der Waals surface area contributed by atoms with Gasteiger partial charge in [-0.3, -0.25) is 0 Å². The van der Waals surface area contributed by atoms with Gasteiger partial charge >= 0.3 is 0 Å². The minimum Gasteiger partial charge on any atom is -0.493 e. The van der Waals surface area contributed by atoms with Gasteiger partial charge < -0.3 is 19.7 Å². The fraction of sp³-hybridized carbons (Fsp3) is 0.467. The monoisotopic (exact) mass is 291 g/mol. The Balaban J connectivity index is 2.09. The van der Waals surface area contributed by atoms with Crippen LogP contribution in [0.15, 0.2) is 22.7 Å². The third-order valence-electron chi connectivity index (χ3n) is 2.85. The molecule has 2 aromatic rings. The molecule has 0 atom stereocenters. The molecule has 0 amide bonds. The topological polar surface area (TPSA) is 83.4 Å². The smallest absolute Gasteiger partial charge is 0.264 e. The average Bonchev–Trinajstić information content (AvgIpc) is 2.90. The molecule has 1 aromatic heterocycles. The zero-order chi connectivity index (χ0) is 15.1. The third-order valence-corrected chi connectivity index (χ3v) is 2.85. The molecule has 0 aliphatic rings. The number of hydrogen-bond donors (Lipinski definition) is 1. The van der Waals surface area contributed by atoms with E-state index in [1.54, 1.807) is 6.92 Å². The summed E-state index contributed by atoms with van der Waals surface area (Å²) in [5.74, 6) is 2.57. The lowest BCUT2D eigenvalue weighted by Gasteiger charge is -2.12. The molecule has 21 heavy (non-hydrogen) atoms. The summed E-state index contributed by atoms with van der Waals surface area (Å²) in [6, 6.07) is 5.79. The van der Waals surface area contributed by atoms with Crippen molar-refractivity contribution in [3.05, 3.63) is 35.5 Å². The summed E-state index contributed by atoms with van der Waals surface area (Å²) in [4.78, 5) is 4.11. The van der Waals surface area contributed by atoms with E-state index in [-0.39, 0.29) is 6.61 Å². The van der Waals surface area contributed by atoms with Crippen molar-refractivity contribution in [1.82, 2.24) is 10.1 Å². The van der Waals surface area contributed by atoms with Crippen molar-refractivity contribution in [3.8, 4) is 11.5 Å². The van der Waals surface area contributed by atoms with Gasteiger partial charge in [0.25, 0.3) is 5.89 Å². The van der Waals surface area contributed by atoms with Gasteiger partial charge in [-0.05, 0) is 37.9 Å². The summed E-state index contributed by atoms with van der Waals surface area (Å²) in [6.07, 6.45) is 1.70. The first-order chi connectivity index (χ1) is 10.2. The van der Waals surface area contributed by atoms with Gasteiger partial charge in [0.1, 0.15) is 11.5 Å². The molecule has 2 N–H and O–H groups in total. The number of benzene rings is 1. The lowest BCUT2D eigenvalue weighted by molar-refractivity contribution is 0.239. The Labute approximate surface area is 124 Å². The predicted octanol–water partition coefficient (Wildman–Crippen LogP) is 2.25. The molecule has 0 fully saturated rings. The van der Waals surface area contributed by atoms with E-state index in [0.29, 0.717) is 24.9 Å². The van der Waals surface area contributed by atoms with E-state index in [4.69, 9.17) is 19.7 Å². The van der Waals surface area contributed by atoms with Crippen LogP contribution < -0.4 is 15.2 Å². The van der Waals surface area contributed by atoms with E-state index in [0.717, 1.165) is 29.9 Å². The van der Waals surface area contributed by atoms with Crippen molar-refractivity contribution in [2.45, 2.75) is 33.3 Å². The number of ether oxygens (including phenoxy) is 2. The molecule has 0 spiro atoms. The number of nitrogens with zero attached hydrogens (tertiary/aromatic N) is 2. The van der Waals surface area contributed by atoms with Crippen LogP contribution in [0.1, 0.15) is 30.6 Å². The minimum atomic E-state index is 0.232. The highest BCUT2D eigenvalue weighted by molar-refractivity contribution is 5.41. The quantitative estimate of drug-likeness (QED) is 0.803. The molecule has 0 saturated heterocycles. The second-order valence-electron chi connectivity index (χ2n) is 4.68. The first-order valence-electron chi connectivity index (χ1n) is 7.10. The Bertz CT molecular complexity index is 569. The maximum Gasteiger partial charge on any atom is 0.264 e. The van der Waals surface area contributed by atoms with Gasteiger partial charge in [0.05, 0.1) is 6.61 Å². The Kier molecular flexibility index (Phi) is 5.57. The maximum atomic E-state index is 5.78. The highest BCUT2D eigenvalue weighted by Gasteiger charge is 2.09. The van der Waals surface area contributed by atoms with Crippen molar-refractivity contribution in [1.29, 1.82) is 0 Å². The van der Waals surface area contributed by atoms with Crippen LogP contribution >= 0.6 is 0 Å². The molecule has 114 valence electrons. The summed E-state index contributed by atoms with van der Waals surface area (Å²) in [5.41, 5.74) is 6.67. The highest BCUT2D eigenvalue weighted by Crippen LogP contribution is 2.26. The predicted molar refractivity (Wildman–Crippen MR) is 78.4 cm³/mol. The fourth-order valence-electron chi connectivity index (χ4n) is 1.88. The zero-order valence-corrected chi connectivity index (χ0v) is 12.5. The standard InChI is InChI=1S/C15H21N3O3/c1-3-8-19-13-5-4-12(6-7-16)14(9-13)20-10-15-17-11(2)18-21-15/h4-5,9H,3,6-8,10,16H2,1-2H3. The molecular formula is C15H21N3O3. The summed E-state index contributed by atoms with van der Waals surface area (Å²) in [7, 11) is 0. The van der Waals surface area contributed by atoms with Crippen molar-refractivity contribution in [2.24, 2.45) is 5.73 Å². The van der Waals surface area contributed by atoms with Crippen LogP contribution in [-0.4, -0.2) is 23.3 Å². The number of aromatic nitrogens is 2. The van der Waals surface area contributed by atoms with E-state index in [1.807, 2.05) is 18.2 Å². The average molecular weight is 291 g/mol. The van der Waals surface area contributed by atoms with Gasteiger partial charge in [-0.2, -0.15) is 4.98 Å². The first-order valence-corrected chi connectivity index (χ1v) is 7.10. The largest absolute Gasteiger partial charge is 0.493 e. The Morgan fingerprint density at radius 2 is 2.14 bits per heavy atom. The van der Waals surface area contributed by atoms with E-state index < -0.39 is 0 Å². The van der Waals surface area contributed by atoms with Crippen LogP contribution in [0.3, 0.4) is 0 Å². The molecule has 0 radical (unpaired) electrons. The SMILES string of the molecule is CCCOc1ccc(CCN)c(OCc2nc(C)no2)c1. The molecule has 1 aromatic carbocycles.